The summed E-state index contributed by atoms with van der Waals surface area (Å²) in [5.41, 5.74) is 1.29. The van der Waals surface area contributed by atoms with Crippen molar-refractivity contribution < 1.29 is 9.59 Å². The Bertz CT molecular complexity index is 355. The molecule has 0 bridgehead atoms. The van der Waals surface area contributed by atoms with E-state index in [1.807, 2.05) is 13.8 Å². The van der Waals surface area contributed by atoms with Crippen molar-refractivity contribution in [3.8, 4) is 0 Å². The highest BCUT2D eigenvalue weighted by molar-refractivity contribution is 5.81. The van der Waals surface area contributed by atoms with E-state index in [1.165, 1.54) is 0 Å². The summed E-state index contributed by atoms with van der Waals surface area (Å²) in [6.45, 7) is 3.64. The number of carbonyl (C=O) groups excluding carboxylic acids is 2. The van der Waals surface area contributed by atoms with Crippen LogP contribution in [0, 0.1) is 0 Å². The van der Waals surface area contributed by atoms with Crippen LogP contribution in [0.3, 0.4) is 0 Å². The van der Waals surface area contributed by atoms with Gasteiger partial charge in [0.2, 0.25) is 0 Å². The lowest BCUT2D eigenvalue weighted by Crippen LogP contribution is -2.08. The number of carbonyl (C=O) groups is 2. The van der Waals surface area contributed by atoms with Crippen molar-refractivity contribution in [3.05, 3.63) is 23.8 Å². The number of nitrogens with zero attached hydrogens (tertiary/aromatic N) is 2. The van der Waals surface area contributed by atoms with Crippen molar-refractivity contribution in [1.29, 1.82) is 0 Å². The highest BCUT2D eigenvalue weighted by Gasteiger charge is 2.06. The second-order valence-corrected chi connectivity index (χ2v) is 3.64. The van der Waals surface area contributed by atoms with Crippen LogP contribution in [0.1, 0.15) is 38.1 Å². The van der Waals surface area contributed by atoms with Gasteiger partial charge in [-0.1, -0.05) is 13.8 Å². The van der Waals surface area contributed by atoms with Crippen molar-refractivity contribution in [2.45, 2.75) is 39.5 Å². The molecule has 0 N–H and O–H groups in total. The second kappa shape index (κ2) is 6.10. The molecule has 4 heteroatoms. The summed E-state index contributed by atoms with van der Waals surface area (Å²) in [7, 11) is 0. The topological polar surface area (TPSA) is 59.9 Å². The van der Waals surface area contributed by atoms with E-state index in [9.17, 15) is 9.59 Å². The molecule has 0 fully saturated rings. The minimum absolute atomic E-state index is 0.133. The van der Waals surface area contributed by atoms with Gasteiger partial charge >= 0.3 is 0 Å². The standard InChI is InChI=1S/C12H16N2O2/c1-3-11(15)5-9-7-13-8-10(14-9)6-12(16)4-2/h7-8H,3-6H2,1-2H3. The van der Waals surface area contributed by atoms with Crippen molar-refractivity contribution in [2.75, 3.05) is 0 Å². The lowest BCUT2D eigenvalue weighted by Gasteiger charge is -2.01. The van der Waals surface area contributed by atoms with Gasteiger partial charge in [-0.05, 0) is 0 Å². The highest BCUT2D eigenvalue weighted by Crippen LogP contribution is 2.02. The fourth-order valence-electron chi connectivity index (χ4n) is 1.28. The van der Waals surface area contributed by atoms with Gasteiger partial charge in [-0.15, -0.1) is 0 Å². The molecule has 0 radical (unpaired) electrons. The lowest BCUT2D eigenvalue weighted by atomic mass is 10.1. The zero-order valence-electron chi connectivity index (χ0n) is 9.69. The third kappa shape index (κ3) is 3.88. The first-order chi connectivity index (χ1) is 7.65. The zero-order valence-corrected chi connectivity index (χ0v) is 9.69. The van der Waals surface area contributed by atoms with Gasteiger partial charge in [-0.3, -0.25) is 19.6 Å². The van der Waals surface area contributed by atoms with Gasteiger partial charge in [0.1, 0.15) is 11.6 Å². The molecule has 0 saturated heterocycles. The van der Waals surface area contributed by atoms with Crippen LogP contribution >= 0.6 is 0 Å². The van der Waals surface area contributed by atoms with Crippen molar-refractivity contribution in [1.82, 2.24) is 9.97 Å². The largest absolute Gasteiger partial charge is 0.299 e. The second-order valence-electron chi connectivity index (χ2n) is 3.64. The maximum Gasteiger partial charge on any atom is 0.138 e. The number of Topliss-reactive ketones (excluding diaryl/α,β-unsaturated/α-hetero) is 2. The molecule has 1 aromatic heterocycles. The van der Waals surface area contributed by atoms with Gasteiger partial charge in [-0.2, -0.15) is 0 Å². The van der Waals surface area contributed by atoms with Crippen LogP contribution in [0.25, 0.3) is 0 Å². The number of hydrogen-bond donors (Lipinski definition) is 0. The SMILES string of the molecule is CCC(=O)Cc1cncc(CC(=O)CC)n1. The number of ketones is 2. The molecule has 1 heterocycles. The van der Waals surface area contributed by atoms with Gasteiger partial charge in [-0.25, -0.2) is 0 Å². The molecular weight excluding hydrogens is 204 g/mol. The van der Waals surface area contributed by atoms with E-state index < -0.39 is 0 Å². The maximum atomic E-state index is 11.2. The molecule has 4 nitrogen and oxygen atoms in total. The molecule has 0 saturated carbocycles. The third-order valence-corrected chi connectivity index (χ3v) is 2.28. The van der Waals surface area contributed by atoms with Crippen LogP contribution in [-0.2, 0) is 22.4 Å². The number of rotatable bonds is 6. The van der Waals surface area contributed by atoms with Gasteiger partial charge in [0.15, 0.2) is 0 Å². The molecule has 16 heavy (non-hydrogen) atoms. The molecule has 0 aromatic carbocycles. The Morgan fingerprint density at radius 2 is 1.44 bits per heavy atom. The minimum Gasteiger partial charge on any atom is -0.299 e. The first-order valence-electron chi connectivity index (χ1n) is 5.48. The Kier molecular flexibility index (Phi) is 4.76. The summed E-state index contributed by atoms with van der Waals surface area (Å²) in [6, 6.07) is 0. The summed E-state index contributed by atoms with van der Waals surface area (Å²) in [5.74, 6) is 0.265. The van der Waals surface area contributed by atoms with E-state index in [2.05, 4.69) is 9.97 Å². The van der Waals surface area contributed by atoms with Crippen molar-refractivity contribution in [2.24, 2.45) is 0 Å². The predicted molar refractivity (Wildman–Crippen MR) is 60.0 cm³/mol. The van der Waals surface area contributed by atoms with Gasteiger partial charge in [0, 0.05) is 25.2 Å². The quantitative estimate of drug-likeness (QED) is 0.729. The van der Waals surface area contributed by atoms with Crippen molar-refractivity contribution in [3.63, 3.8) is 0 Å². The molecule has 0 amide bonds. The molecule has 1 aromatic rings. The summed E-state index contributed by atoms with van der Waals surface area (Å²) in [4.78, 5) is 30.7. The molecule has 1 rings (SSSR count). The highest BCUT2D eigenvalue weighted by atomic mass is 16.1. The van der Waals surface area contributed by atoms with E-state index in [-0.39, 0.29) is 11.6 Å². The van der Waals surface area contributed by atoms with E-state index >= 15 is 0 Å². The Morgan fingerprint density at radius 1 is 1.00 bits per heavy atom. The first-order valence-corrected chi connectivity index (χ1v) is 5.48. The van der Waals surface area contributed by atoms with Crippen LogP contribution in [0.4, 0.5) is 0 Å². The zero-order chi connectivity index (χ0) is 12.0. The van der Waals surface area contributed by atoms with Crippen LogP contribution < -0.4 is 0 Å². The van der Waals surface area contributed by atoms with Crippen LogP contribution in [0.2, 0.25) is 0 Å². The molecule has 0 aliphatic carbocycles. The molecular formula is C12H16N2O2. The molecule has 0 unspecified atom stereocenters. The van der Waals surface area contributed by atoms with Crippen LogP contribution in [-0.4, -0.2) is 21.5 Å². The van der Waals surface area contributed by atoms with Crippen LogP contribution in [0.15, 0.2) is 12.4 Å². The Morgan fingerprint density at radius 3 is 1.81 bits per heavy atom. The van der Waals surface area contributed by atoms with Crippen molar-refractivity contribution >= 4 is 11.6 Å². The average Bonchev–Trinajstić information content (AvgIpc) is 2.29. The first kappa shape index (κ1) is 12.5. The normalized spacial score (nSPS) is 10.1. The van der Waals surface area contributed by atoms with Gasteiger partial charge < -0.3 is 0 Å². The summed E-state index contributed by atoms with van der Waals surface area (Å²) in [5, 5.41) is 0. The smallest absolute Gasteiger partial charge is 0.138 e. The molecule has 0 atom stereocenters. The summed E-state index contributed by atoms with van der Waals surface area (Å²) < 4.78 is 0. The molecule has 86 valence electrons. The number of aromatic nitrogens is 2. The molecule has 0 aliphatic rings. The molecule has 0 spiro atoms. The minimum atomic E-state index is 0.133. The van der Waals surface area contributed by atoms with Crippen LogP contribution in [0.5, 0.6) is 0 Å². The Hall–Kier alpha value is -1.58. The fourth-order valence-corrected chi connectivity index (χ4v) is 1.28. The monoisotopic (exact) mass is 220 g/mol. The fraction of sp³-hybridized carbons (Fsp3) is 0.500. The van der Waals surface area contributed by atoms with E-state index in [1.54, 1.807) is 12.4 Å². The van der Waals surface area contributed by atoms with Gasteiger partial charge in [0.05, 0.1) is 24.2 Å². The number of hydrogen-bond acceptors (Lipinski definition) is 4. The van der Waals surface area contributed by atoms with E-state index in [0.29, 0.717) is 37.1 Å². The summed E-state index contributed by atoms with van der Waals surface area (Å²) in [6.07, 6.45) is 4.76. The lowest BCUT2D eigenvalue weighted by molar-refractivity contribution is -0.118. The summed E-state index contributed by atoms with van der Waals surface area (Å²) >= 11 is 0. The van der Waals surface area contributed by atoms with Gasteiger partial charge in [0.25, 0.3) is 0 Å². The Balaban J connectivity index is 2.71. The molecule has 0 aliphatic heterocycles. The predicted octanol–water partition coefficient (Wildman–Crippen LogP) is 1.52. The Labute approximate surface area is 95.1 Å². The van der Waals surface area contributed by atoms with E-state index in [4.69, 9.17) is 0 Å². The van der Waals surface area contributed by atoms with E-state index in [0.717, 1.165) is 0 Å². The third-order valence-electron chi connectivity index (χ3n) is 2.28. The average molecular weight is 220 g/mol. The maximum absolute atomic E-state index is 11.2.